The van der Waals surface area contributed by atoms with Gasteiger partial charge in [0.25, 0.3) is 0 Å². The normalized spacial score (nSPS) is 30.2. The molecule has 0 saturated carbocycles. The Hall–Kier alpha value is -1.81. The number of aliphatic hydroxyl groups excluding tert-OH is 3. The van der Waals surface area contributed by atoms with Gasteiger partial charge in [-0.25, -0.2) is 9.97 Å². The predicted octanol–water partition coefficient (Wildman–Crippen LogP) is -1.67. The number of nitrogens with two attached hydrogens (primary N) is 1. The Labute approximate surface area is 113 Å². The van der Waals surface area contributed by atoms with Gasteiger partial charge in [0.1, 0.15) is 23.8 Å². The highest BCUT2D eigenvalue weighted by Gasteiger charge is 2.43. The van der Waals surface area contributed by atoms with Crippen molar-refractivity contribution in [2.45, 2.75) is 31.5 Å². The third-order valence-electron chi connectivity index (χ3n) is 3.40. The van der Waals surface area contributed by atoms with Gasteiger partial charge < -0.3 is 25.8 Å². The molecule has 1 aliphatic heterocycles. The molecular weight excluding hydrogens is 266 g/mol. The molecule has 0 radical (unpaired) electrons. The van der Waals surface area contributed by atoms with Crippen LogP contribution in [0.25, 0.3) is 11.2 Å². The van der Waals surface area contributed by atoms with Gasteiger partial charge >= 0.3 is 0 Å². The van der Waals surface area contributed by atoms with Crippen molar-refractivity contribution in [1.82, 2.24) is 19.5 Å². The maximum atomic E-state index is 10.0. The highest BCUT2D eigenvalue weighted by Crippen LogP contribution is 2.31. The molecule has 1 fully saturated rings. The van der Waals surface area contributed by atoms with E-state index in [1.54, 1.807) is 6.92 Å². The number of hydrogen-bond acceptors (Lipinski definition) is 8. The summed E-state index contributed by atoms with van der Waals surface area (Å²) < 4.78 is 6.92. The van der Waals surface area contributed by atoms with Gasteiger partial charge in [0.15, 0.2) is 11.9 Å². The lowest BCUT2D eigenvalue weighted by molar-refractivity contribution is -0.0511. The number of aliphatic hydroxyl groups is 3. The van der Waals surface area contributed by atoms with E-state index in [-0.39, 0.29) is 5.95 Å². The molecule has 9 heteroatoms. The summed E-state index contributed by atoms with van der Waals surface area (Å²) in [6.07, 6.45) is -2.68. The Kier molecular flexibility index (Phi) is 3.05. The van der Waals surface area contributed by atoms with Gasteiger partial charge in [-0.3, -0.25) is 4.57 Å². The fourth-order valence-electron chi connectivity index (χ4n) is 2.37. The van der Waals surface area contributed by atoms with Crippen LogP contribution in [0.15, 0.2) is 6.33 Å². The number of anilines is 1. The van der Waals surface area contributed by atoms with Gasteiger partial charge in [0, 0.05) is 0 Å². The molecule has 0 bridgehead atoms. The zero-order valence-corrected chi connectivity index (χ0v) is 10.7. The highest BCUT2D eigenvalue weighted by molar-refractivity contribution is 5.74. The Morgan fingerprint density at radius 3 is 2.75 bits per heavy atom. The van der Waals surface area contributed by atoms with Crippen LogP contribution >= 0.6 is 0 Å². The SMILES string of the molecule is Cc1nc(N)nc2c1ncn2[C@@H]1O[C@H](CO)[C@@H](O)[C@H]1O. The standard InChI is InChI=1S/C11H15N5O4/c1-4-6-9(15-11(12)14-4)16(3-13-6)10-8(19)7(18)5(2-17)20-10/h3,5,7-8,10,17-19H,2H2,1H3,(H2,12,14,15)/t5-,7-,8-,10-/m1/s1. The number of aryl methyl sites for hydroxylation is 1. The third kappa shape index (κ3) is 1.83. The molecule has 1 aliphatic rings. The lowest BCUT2D eigenvalue weighted by Crippen LogP contribution is -2.33. The Morgan fingerprint density at radius 1 is 1.35 bits per heavy atom. The Bertz CT molecular complexity index is 645. The lowest BCUT2D eigenvalue weighted by atomic mass is 10.1. The zero-order chi connectivity index (χ0) is 14.4. The van der Waals surface area contributed by atoms with Gasteiger partial charge in [-0.15, -0.1) is 0 Å². The number of aromatic nitrogens is 4. The molecule has 20 heavy (non-hydrogen) atoms. The van der Waals surface area contributed by atoms with Crippen molar-refractivity contribution in [2.75, 3.05) is 12.3 Å². The average molecular weight is 281 g/mol. The summed E-state index contributed by atoms with van der Waals surface area (Å²) in [7, 11) is 0. The second-order valence-corrected chi connectivity index (χ2v) is 4.72. The van der Waals surface area contributed by atoms with E-state index in [4.69, 9.17) is 15.6 Å². The molecule has 5 N–H and O–H groups in total. The first-order valence-corrected chi connectivity index (χ1v) is 6.12. The van der Waals surface area contributed by atoms with Gasteiger partial charge in [0.05, 0.1) is 18.6 Å². The number of hydrogen-bond donors (Lipinski definition) is 4. The fourth-order valence-corrected chi connectivity index (χ4v) is 2.37. The average Bonchev–Trinajstić information content (AvgIpc) is 2.93. The summed E-state index contributed by atoms with van der Waals surface area (Å²) in [4.78, 5) is 12.2. The summed E-state index contributed by atoms with van der Waals surface area (Å²) in [6.45, 7) is 1.35. The highest BCUT2D eigenvalue weighted by atomic mass is 16.6. The molecule has 0 aromatic carbocycles. The van der Waals surface area contributed by atoms with Crippen molar-refractivity contribution in [3.63, 3.8) is 0 Å². The molecule has 108 valence electrons. The fraction of sp³-hybridized carbons (Fsp3) is 0.545. The van der Waals surface area contributed by atoms with Crippen molar-refractivity contribution in [2.24, 2.45) is 0 Å². The third-order valence-corrected chi connectivity index (χ3v) is 3.40. The Morgan fingerprint density at radius 2 is 2.10 bits per heavy atom. The minimum Gasteiger partial charge on any atom is -0.394 e. The van der Waals surface area contributed by atoms with Crippen LogP contribution in [-0.2, 0) is 4.74 Å². The van der Waals surface area contributed by atoms with E-state index in [9.17, 15) is 10.2 Å². The largest absolute Gasteiger partial charge is 0.394 e. The van der Waals surface area contributed by atoms with Crippen LogP contribution in [0.4, 0.5) is 5.95 Å². The summed E-state index contributed by atoms with van der Waals surface area (Å²) >= 11 is 0. The van der Waals surface area contributed by atoms with Crippen LogP contribution in [0.5, 0.6) is 0 Å². The topological polar surface area (TPSA) is 140 Å². The van der Waals surface area contributed by atoms with E-state index in [1.165, 1.54) is 10.9 Å². The van der Waals surface area contributed by atoms with Gasteiger partial charge in [-0.05, 0) is 6.92 Å². The monoisotopic (exact) mass is 281 g/mol. The molecule has 0 aliphatic carbocycles. The van der Waals surface area contributed by atoms with E-state index < -0.39 is 31.1 Å². The van der Waals surface area contributed by atoms with Gasteiger partial charge in [-0.1, -0.05) is 0 Å². The van der Waals surface area contributed by atoms with E-state index >= 15 is 0 Å². The molecule has 2 aromatic heterocycles. The van der Waals surface area contributed by atoms with Gasteiger partial charge in [0.2, 0.25) is 5.95 Å². The number of imidazole rings is 1. The first-order valence-electron chi connectivity index (χ1n) is 6.12. The van der Waals surface area contributed by atoms with Crippen molar-refractivity contribution >= 4 is 17.1 Å². The minimum atomic E-state index is -1.19. The maximum absolute atomic E-state index is 10.0. The quantitative estimate of drug-likeness (QED) is 0.512. The van der Waals surface area contributed by atoms with Crippen LogP contribution in [0.3, 0.4) is 0 Å². The maximum Gasteiger partial charge on any atom is 0.222 e. The molecular formula is C11H15N5O4. The van der Waals surface area contributed by atoms with Crippen molar-refractivity contribution < 1.29 is 20.1 Å². The number of nitrogens with zero attached hydrogens (tertiary/aromatic N) is 4. The van der Waals surface area contributed by atoms with Crippen LogP contribution in [0.2, 0.25) is 0 Å². The second-order valence-electron chi connectivity index (χ2n) is 4.72. The molecule has 0 unspecified atom stereocenters. The van der Waals surface area contributed by atoms with Crippen LogP contribution in [0.1, 0.15) is 11.9 Å². The lowest BCUT2D eigenvalue weighted by Gasteiger charge is -2.16. The summed E-state index contributed by atoms with van der Waals surface area (Å²) in [5.41, 5.74) is 7.17. The van der Waals surface area contributed by atoms with E-state index in [1.807, 2.05) is 0 Å². The molecule has 0 amide bonds. The Balaban J connectivity index is 2.07. The molecule has 9 nitrogen and oxygen atoms in total. The zero-order valence-electron chi connectivity index (χ0n) is 10.7. The first kappa shape index (κ1) is 13.2. The number of ether oxygens (including phenoxy) is 1. The number of rotatable bonds is 2. The smallest absolute Gasteiger partial charge is 0.222 e. The van der Waals surface area contributed by atoms with E-state index in [0.717, 1.165) is 0 Å². The van der Waals surface area contributed by atoms with E-state index in [2.05, 4.69) is 15.0 Å². The van der Waals surface area contributed by atoms with Crippen molar-refractivity contribution in [3.05, 3.63) is 12.0 Å². The van der Waals surface area contributed by atoms with Gasteiger partial charge in [-0.2, -0.15) is 4.98 Å². The van der Waals surface area contributed by atoms with Crippen molar-refractivity contribution in [1.29, 1.82) is 0 Å². The molecule has 3 heterocycles. The molecule has 1 saturated heterocycles. The van der Waals surface area contributed by atoms with Crippen LogP contribution < -0.4 is 5.73 Å². The van der Waals surface area contributed by atoms with Crippen LogP contribution in [0, 0.1) is 6.92 Å². The van der Waals surface area contributed by atoms with Crippen molar-refractivity contribution in [3.8, 4) is 0 Å². The molecule has 0 spiro atoms. The minimum absolute atomic E-state index is 0.0866. The summed E-state index contributed by atoms with van der Waals surface area (Å²) in [5.74, 6) is 0.0866. The molecule has 3 rings (SSSR count). The molecule has 2 aromatic rings. The van der Waals surface area contributed by atoms with E-state index in [0.29, 0.717) is 16.9 Å². The number of nitrogen functional groups attached to an aromatic ring is 1. The summed E-state index contributed by atoms with van der Waals surface area (Å²) in [6, 6.07) is 0. The van der Waals surface area contributed by atoms with Crippen LogP contribution in [-0.4, -0.2) is 59.8 Å². The summed E-state index contributed by atoms with van der Waals surface area (Å²) in [5, 5.41) is 28.9. The first-order chi connectivity index (χ1) is 9.52. The molecule has 4 atom stereocenters. The second kappa shape index (κ2) is 4.63. The predicted molar refractivity (Wildman–Crippen MR) is 67.5 cm³/mol. The number of fused-ring (bicyclic) bond motifs is 1.